The van der Waals surface area contributed by atoms with Crippen molar-refractivity contribution in [2.45, 2.75) is 12.5 Å². The number of para-hydroxylation sites is 2. The molecule has 1 aliphatic heterocycles. The molecule has 0 radical (unpaired) electrons. The number of nitrogens with zero attached hydrogens (tertiary/aromatic N) is 5. The van der Waals surface area contributed by atoms with Crippen molar-refractivity contribution in [1.29, 1.82) is 0 Å². The molecule has 4 aromatic rings. The number of benzene rings is 2. The molecule has 1 saturated heterocycles. The quantitative estimate of drug-likeness (QED) is 0.368. The van der Waals surface area contributed by atoms with Crippen LogP contribution in [-0.4, -0.2) is 72.2 Å². The molecular formula is C27H29N7O4. The van der Waals surface area contributed by atoms with Crippen LogP contribution in [0.4, 0.5) is 23.0 Å². The molecule has 1 fully saturated rings. The third kappa shape index (κ3) is 4.65. The molecule has 2 aromatic carbocycles. The van der Waals surface area contributed by atoms with E-state index in [1.165, 1.54) is 6.20 Å². The zero-order valence-electron chi connectivity index (χ0n) is 21.6. The predicted octanol–water partition coefficient (Wildman–Crippen LogP) is 3.22. The van der Waals surface area contributed by atoms with E-state index >= 15 is 0 Å². The Balaban J connectivity index is 1.57. The van der Waals surface area contributed by atoms with Crippen LogP contribution in [0.25, 0.3) is 5.65 Å². The summed E-state index contributed by atoms with van der Waals surface area (Å²) in [6.45, 7) is 0.598. The van der Waals surface area contributed by atoms with Gasteiger partial charge in [-0.1, -0.05) is 12.1 Å². The Morgan fingerprint density at radius 3 is 2.55 bits per heavy atom. The number of ether oxygens (including phenoxy) is 2. The number of rotatable bonds is 8. The van der Waals surface area contributed by atoms with Gasteiger partial charge < -0.3 is 29.9 Å². The second kappa shape index (κ2) is 10.3. The van der Waals surface area contributed by atoms with Crippen molar-refractivity contribution in [1.82, 2.24) is 24.8 Å². The van der Waals surface area contributed by atoms with Crippen molar-refractivity contribution in [3.05, 3.63) is 66.4 Å². The van der Waals surface area contributed by atoms with E-state index in [2.05, 4.69) is 15.7 Å². The van der Waals surface area contributed by atoms with Crippen LogP contribution in [0.3, 0.4) is 0 Å². The van der Waals surface area contributed by atoms with Crippen LogP contribution in [-0.2, 0) is 4.79 Å². The fourth-order valence-electron chi connectivity index (χ4n) is 4.43. The lowest BCUT2D eigenvalue weighted by atomic mass is 10.2. The number of aromatic nitrogens is 3. The lowest BCUT2D eigenvalue weighted by molar-refractivity contribution is -0.128. The first kappa shape index (κ1) is 24.9. The summed E-state index contributed by atoms with van der Waals surface area (Å²) in [5, 5.41) is 10.6. The summed E-state index contributed by atoms with van der Waals surface area (Å²) >= 11 is 0. The first-order valence-corrected chi connectivity index (χ1v) is 12.1. The number of hydrogen-bond donors (Lipinski definition) is 2. The van der Waals surface area contributed by atoms with Crippen LogP contribution in [0.1, 0.15) is 16.8 Å². The highest BCUT2D eigenvalue weighted by Crippen LogP contribution is 2.32. The second-order valence-corrected chi connectivity index (χ2v) is 8.95. The largest absolute Gasteiger partial charge is 0.497 e. The van der Waals surface area contributed by atoms with Crippen molar-refractivity contribution >= 4 is 40.5 Å². The molecule has 196 valence electrons. The number of nitrogens with one attached hydrogen (secondary N) is 2. The van der Waals surface area contributed by atoms with Crippen LogP contribution in [0.5, 0.6) is 11.5 Å². The molecule has 1 atom stereocenters. The number of fused-ring (bicyclic) bond motifs is 1. The number of anilines is 4. The Hall–Kier alpha value is -4.80. The van der Waals surface area contributed by atoms with Gasteiger partial charge in [0.2, 0.25) is 5.91 Å². The van der Waals surface area contributed by atoms with Gasteiger partial charge in [-0.2, -0.15) is 9.61 Å². The molecule has 2 amide bonds. The van der Waals surface area contributed by atoms with E-state index in [1.54, 1.807) is 30.7 Å². The van der Waals surface area contributed by atoms with E-state index in [0.717, 1.165) is 17.1 Å². The maximum absolute atomic E-state index is 13.3. The molecule has 2 N–H and O–H groups in total. The molecular weight excluding hydrogens is 486 g/mol. The van der Waals surface area contributed by atoms with Crippen LogP contribution in [0.15, 0.2) is 60.8 Å². The average Bonchev–Trinajstić information content (AvgIpc) is 3.51. The summed E-state index contributed by atoms with van der Waals surface area (Å²) in [5.74, 6) is 2.02. The highest BCUT2D eigenvalue weighted by atomic mass is 16.5. The van der Waals surface area contributed by atoms with Gasteiger partial charge in [0, 0.05) is 32.4 Å². The Bertz CT molecular complexity index is 1480. The van der Waals surface area contributed by atoms with E-state index < -0.39 is 11.9 Å². The van der Waals surface area contributed by atoms with Gasteiger partial charge >= 0.3 is 0 Å². The lowest BCUT2D eigenvalue weighted by Gasteiger charge is -2.22. The number of hydrogen-bond acceptors (Lipinski definition) is 8. The van der Waals surface area contributed by atoms with Crippen LogP contribution in [0.2, 0.25) is 0 Å². The van der Waals surface area contributed by atoms with Crippen molar-refractivity contribution in [3.63, 3.8) is 0 Å². The molecule has 1 unspecified atom stereocenters. The normalized spacial score (nSPS) is 15.0. The van der Waals surface area contributed by atoms with E-state index in [1.807, 2.05) is 66.5 Å². The Labute approximate surface area is 220 Å². The van der Waals surface area contributed by atoms with Crippen molar-refractivity contribution in [2.24, 2.45) is 0 Å². The molecule has 1 aliphatic rings. The Morgan fingerprint density at radius 2 is 1.87 bits per heavy atom. The fourth-order valence-corrected chi connectivity index (χ4v) is 4.43. The molecule has 2 aromatic heterocycles. The summed E-state index contributed by atoms with van der Waals surface area (Å²) in [7, 11) is 6.84. The van der Waals surface area contributed by atoms with Gasteiger partial charge in [0.1, 0.15) is 34.7 Å². The molecule has 38 heavy (non-hydrogen) atoms. The summed E-state index contributed by atoms with van der Waals surface area (Å²) in [5.41, 5.74) is 2.20. The Morgan fingerprint density at radius 1 is 1.11 bits per heavy atom. The van der Waals surface area contributed by atoms with Gasteiger partial charge in [0.05, 0.1) is 26.1 Å². The van der Waals surface area contributed by atoms with Gasteiger partial charge in [-0.3, -0.25) is 9.59 Å². The standard InChI is InChI=1S/C27H29N7O4/c1-32-14-13-21(27(32)36)30-26(35)19-16-28-34-24(33(2)17-9-11-18(37-3)12-10-17)15-23(31-25(19)34)29-20-7-5-6-8-22(20)38-4/h5-12,15-16,21H,13-14H2,1-4H3,(H,29,31)(H,30,35). The minimum absolute atomic E-state index is 0.110. The van der Waals surface area contributed by atoms with Gasteiger partial charge in [0.25, 0.3) is 5.91 Å². The molecule has 5 rings (SSSR count). The second-order valence-electron chi connectivity index (χ2n) is 8.95. The first-order valence-electron chi connectivity index (χ1n) is 12.1. The topological polar surface area (TPSA) is 113 Å². The number of likely N-dealkylation sites (tertiary alicyclic amines) is 1. The molecule has 0 spiro atoms. The molecule has 3 heterocycles. The summed E-state index contributed by atoms with van der Waals surface area (Å²) in [6, 6.07) is 16.4. The van der Waals surface area contributed by atoms with E-state index in [-0.39, 0.29) is 11.5 Å². The fraction of sp³-hybridized carbons (Fsp3) is 0.259. The van der Waals surface area contributed by atoms with E-state index in [4.69, 9.17) is 14.5 Å². The third-order valence-corrected chi connectivity index (χ3v) is 6.60. The maximum Gasteiger partial charge on any atom is 0.257 e. The van der Waals surface area contributed by atoms with Gasteiger partial charge in [-0.25, -0.2) is 4.98 Å². The summed E-state index contributed by atoms with van der Waals surface area (Å²) in [6.07, 6.45) is 2.03. The zero-order valence-corrected chi connectivity index (χ0v) is 21.6. The van der Waals surface area contributed by atoms with Crippen molar-refractivity contribution in [3.8, 4) is 11.5 Å². The molecule has 11 heteroatoms. The van der Waals surface area contributed by atoms with Crippen LogP contribution < -0.4 is 25.0 Å². The zero-order chi connectivity index (χ0) is 26.8. The number of likely N-dealkylation sites (N-methyl/N-ethyl adjacent to an activating group) is 1. The van der Waals surface area contributed by atoms with Crippen LogP contribution in [0, 0.1) is 0 Å². The van der Waals surface area contributed by atoms with E-state index in [0.29, 0.717) is 36.0 Å². The maximum atomic E-state index is 13.3. The van der Waals surface area contributed by atoms with Gasteiger partial charge in [0.15, 0.2) is 5.65 Å². The van der Waals surface area contributed by atoms with Gasteiger partial charge in [-0.05, 0) is 42.8 Å². The summed E-state index contributed by atoms with van der Waals surface area (Å²) in [4.78, 5) is 33.9. The van der Waals surface area contributed by atoms with Gasteiger partial charge in [-0.15, -0.1) is 0 Å². The highest BCUT2D eigenvalue weighted by Gasteiger charge is 2.31. The smallest absolute Gasteiger partial charge is 0.257 e. The molecule has 0 saturated carbocycles. The van der Waals surface area contributed by atoms with Crippen LogP contribution >= 0.6 is 0 Å². The Kier molecular flexibility index (Phi) is 6.73. The highest BCUT2D eigenvalue weighted by molar-refractivity contribution is 6.02. The van der Waals surface area contributed by atoms with E-state index in [9.17, 15) is 9.59 Å². The third-order valence-electron chi connectivity index (χ3n) is 6.60. The average molecular weight is 516 g/mol. The minimum atomic E-state index is -0.571. The number of carbonyl (C=O) groups excluding carboxylic acids is 2. The predicted molar refractivity (Wildman–Crippen MR) is 144 cm³/mol. The number of carbonyl (C=O) groups is 2. The SMILES string of the molecule is COc1ccc(N(C)c2cc(Nc3ccccc3OC)nc3c(C(=O)NC4CCN(C)C4=O)cnn23)cc1. The van der Waals surface area contributed by atoms with Crippen molar-refractivity contribution in [2.75, 3.05) is 45.1 Å². The number of amides is 2. The first-order chi connectivity index (χ1) is 18.4. The summed E-state index contributed by atoms with van der Waals surface area (Å²) < 4.78 is 12.4. The molecule has 0 aliphatic carbocycles. The molecule has 11 nitrogen and oxygen atoms in total. The molecule has 0 bridgehead atoms. The minimum Gasteiger partial charge on any atom is -0.497 e. The van der Waals surface area contributed by atoms with Crippen molar-refractivity contribution < 1.29 is 19.1 Å². The monoisotopic (exact) mass is 515 g/mol. The number of methoxy groups -OCH3 is 2. The lowest BCUT2D eigenvalue weighted by Crippen LogP contribution is -2.40.